The third-order valence-corrected chi connectivity index (χ3v) is 6.04. The van der Waals surface area contributed by atoms with Crippen LogP contribution in [0.25, 0.3) is 0 Å². The number of aliphatic carboxylic acids is 1. The summed E-state index contributed by atoms with van der Waals surface area (Å²) in [6.07, 6.45) is -0.839. The SMILES string of the molecule is CC(C)(C)OC(=O)Cc1cc(C(=O)NC(C)(C)c2ccccc2)cc(OP(=O)(O)O)c1C(C)(C)CC(=O)O. The smallest absolute Gasteiger partial charge is 0.481 e. The van der Waals surface area contributed by atoms with E-state index < -0.39 is 60.8 Å². The molecule has 0 atom stereocenters. The van der Waals surface area contributed by atoms with Crippen molar-refractivity contribution in [3.8, 4) is 5.75 Å². The van der Waals surface area contributed by atoms with Gasteiger partial charge in [-0.2, -0.15) is 0 Å². The molecule has 0 fully saturated rings. The van der Waals surface area contributed by atoms with Gasteiger partial charge in [-0.15, -0.1) is 0 Å². The van der Waals surface area contributed by atoms with Crippen LogP contribution in [-0.2, 0) is 36.3 Å². The number of ether oxygens (including phenoxy) is 1. The van der Waals surface area contributed by atoms with E-state index in [9.17, 15) is 33.8 Å². The summed E-state index contributed by atoms with van der Waals surface area (Å²) in [7, 11) is -5.14. The van der Waals surface area contributed by atoms with Gasteiger partial charge in [-0.05, 0) is 57.9 Å². The van der Waals surface area contributed by atoms with Gasteiger partial charge in [0.05, 0.1) is 18.4 Å². The average molecular weight is 550 g/mol. The first-order valence-electron chi connectivity index (χ1n) is 11.9. The predicted octanol–water partition coefficient (Wildman–Crippen LogP) is 4.46. The maximum atomic E-state index is 13.4. The molecule has 0 saturated carbocycles. The van der Waals surface area contributed by atoms with E-state index in [4.69, 9.17) is 9.26 Å². The maximum absolute atomic E-state index is 13.4. The predicted molar refractivity (Wildman–Crippen MR) is 141 cm³/mol. The van der Waals surface area contributed by atoms with Gasteiger partial charge in [0.1, 0.15) is 11.4 Å². The summed E-state index contributed by atoms with van der Waals surface area (Å²) >= 11 is 0. The molecule has 10 nitrogen and oxygen atoms in total. The quantitative estimate of drug-likeness (QED) is 0.248. The molecule has 0 bridgehead atoms. The van der Waals surface area contributed by atoms with Crippen molar-refractivity contribution >= 4 is 25.7 Å². The van der Waals surface area contributed by atoms with Gasteiger partial charge in [0, 0.05) is 16.5 Å². The monoisotopic (exact) mass is 549 g/mol. The van der Waals surface area contributed by atoms with E-state index in [1.807, 2.05) is 30.3 Å². The summed E-state index contributed by atoms with van der Waals surface area (Å²) in [6, 6.07) is 11.7. The molecule has 11 heteroatoms. The highest BCUT2D eigenvalue weighted by atomic mass is 31.2. The highest BCUT2D eigenvalue weighted by Gasteiger charge is 2.35. The van der Waals surface area contributed by atoms with E-state index >= 15 is 0 Å². The Morgan fingerprint density at radius 2 is 1.53 bits per heavy atom. The zero-order chi connectivity index (χ0) is 29.1. The first-order valence-corrected chi connectivity index (χ1v) is 13.5. The van der Waals surface area contributed by atoms with Gasteiger partial charge in [0.2, 0.25) is 0 Å². The zero-order valence-corrected chi connectivity index (χ0v) is 23.6. The Labute approximate surface area is 222 Å². The van der Waals surface area contributed by atoms with E-state index in [1.54, 1.807) is 48.5 Å². The fraction of sp³-hybridized carbons (Fsp3) is 0.444. The van der Waals surface area contributed by atoms with Crippen LogP contribution in [0, 0.1) is 0 Å². The van der Waals surface area contributed by atoms with E-state index in [0.29, 0.717) is 0 Å². The van der Waals surface area contributed by atoms with Gasteiger partial charge in [-0.3, -0.25) is 24.2 Å². The molecular weight excluding hydrogens is 513 g/mol. The maximum Gasteiger partial charge on any atom is 0.524 e. The molecule has 0 aliphatic heterocycles. The summed E-state index contributed by atoms with van der Waals surface area (Å²) in [5, 5.41) is 12.4. The molecule has 0 aliphatic carbocycles. The van der Waals surface area contributed by atoms with Crippen molar-refractivity contribution in [1.82, 2.24) is 5.32 Å². The lowest BCUT2D eigenvalue weighted by atomic mass is 9.77. The number of carboxylic acid groups (broad SMARTS) is 1. The third-order valence-electron chi connectivity index (χ3n) is 5.61. The van der Waals surface area contributed by atoms with Gasteiger partial charge in [0.25, 0.3) is 5.91 Å². The van der Waals surface area contributed by atoms with Crippen LogP contribution in [0.1, 0.15) is 81.9 Å². The van der Waals surface area contributed by atoms with Crippen LogP contribution in [0.5, 0.6) is 5.75 Å². The molecule has 1 amide bonds. The van der Waals surface area contributed by atoms with Crippen molar-refractivity contribution in [2.75, 3.05) is 0 Å². The Morgan fingerprint density at radius 3 is 2.03 bits per heavy atom. The summed E-state index contributed by atoms with van der Waals surface area (Å²) in [5.41, 5.74) is -1.89. The molecular formula is C27H36NO9P. The number of benzene rings is 2. The number of phosphoric acid groups is 1. The average Bonchev–Trinajstić information content (AvgIpc) is 2.70. The van der Waals surface area contributed by atoms with Crippen LogP contribution >= 0.6 is 7.82 Å². The van der Waals surface area contributed by atoms with Gasteiger partial charge >= 0.3 is 19.8 Å². The minimum atomic E-state index is -5.14. The van der Waals surface area contributed by atoms with Gasteiger partial charge in [-0.25, -0.2) is 4.57 Å². The fourth-order valence-corrected chi connectivity index (χ4v) is 4.59. The lowest BCUT2D eigenvalue weighted by Crippen LogP contribution is -2.41. The number of nitrogens with one attached hydrogen (secondary N) is 1. The van der Waals surface area contributed by atoms with Crippen LogP contribution in [0.15, 0.2) is 42.5 Å². The molecule has 0 saturated heterocycles. The minimum Gasteiger partial charge on any atom is -0.481 e. The number of hydrogen-bond donors (Lipinski definition) is 4. The second kappa shape index (κ2) is 11.3. The highest BCUT2D eigenvalue weighted by molar-refractivity contribution is 7.46. The van der Waals surface area contributed by atoms with Crippen LogP contribution in [-0.4, -0.2) is 38.3 Å². The highest BCUT2D eigenvalue weighted by Crippen LogP contribution is 2.45. The Hall–Kier alpha value is -3.20. The van der Waals surface area contributed by atoms with Crippen LogP contribution < -0.4 is 9.84 Å². The van der Waals surface area contributed by atoms with Crippen molar-refractivity contribution in [1.29, 1.82) is 0 Å². The summed E-state index contributed by atoms with van der Waals surface area (Å²) in [6.45, 7) is 11.7. The Balaban J connectivity index is 2.71. The van der Waals surface area contributed by atoms with Crippen molar-refractivity contribution in [2.24, 2.45) is 0 Å². The molecule has 0 heterocycles. The fourth-order valence-electron chi connectivity index (χ4n) is 4.19. The normalized spacial score (nSPS) is 12.6. The van der Waals surface area contributed by atoms with E-state index in [2.05, 4.69) is 5.32 Å². The lowest BCUT2D eigenvalue weighted by Gasteiger charge is -2.30. The largest absolute Gasteiger partial charge is 0.524 e. The summed E-state index contributed by atoms with van der Waals surface area (Å²) < 4.78 is 22.3. The molecule has 0 spiro atoms. The molecule has 0 aliphatic rings. The summed E-state index contributed by atoms with van der Waals surface area (Å²) in [4.78, 5) is 57.0. The number of amides is 1. The number of carboxylic acids is 1. The molecule has 2 rings (SSSR count). The van der Waals surface area contributed by atoms with E-state index in [-0.39, 0.29) is 16.7 Å². The van der Waals surface area contributed by atoms with E-state index in [0.717, 1.165) is 11.6 Å². The third kappa shape index (κ3) is 8.97. The number of carbonyl (C=O) groups is 3. The summed E-state index contributed by atoms with van der Waals surface area (Å²) in [5.74, 6) is -2.84. The second-order valence-electron chi connectivity index (χ2n) is 11.3. The Kier molecular flexibility index (Phi) is 9.20. The molecule has 0 unspecified atom stereocenters. The Bertz CT molecular complexity index is 1240. The number of rotatable bonds is 10. The van der Waals surface area contributed by atoms with Gasteiger partial charge in [-0.1, -0.05) is 44.2 Å². The van der Waals surface area contributed by atoms with Crippen molar-refractivity contribution in [3.05, 3.63) is 64.7 Å². The van der Waals surface area contributed by atoms with Crippen LogP contribution in [0.4, 0.5) is 0 Å². The van der Waals surface area contributed by atoms with E-state index in [1.165, 1.54) is 6.07 Å². The molecule has 38 heavy (non-hydrogen) atoms. The van der Waals surface area contributed by atoms with Crippen molar-refractivity contribution in [2.45, 2.75) is 77.9 Å². The lowest BCUT2D eigenvalue weighted by molar-refractivity contribution is -0.154. The number of phosphoric ester groups is 1. The number of carbonyl (C=O) groups excluding carboxylic acids is 2. The topological polar surface area (TPSA) is 159 Å². The van der Waals surface area contributed by atoms with Crippen LogP contribution in [0.2, 0.25) is 0 Å². The van der Waals surface area contributed by atoms with Crippen LogP contribution in [0.3, 0.4) is 0 Å². The first-order chi connectivity index (χ1) is 17.2. The molecule has 208 valence electrons. The molecule has 2 aromatic rings. The standard InChI is InChI=1S/C27H36NO9P/c1-25(2,3)36-22(31)15-17-13-18(24(32)28-27(6,7)19-11-9-8-10-12-19)14-20(37-38(33,34)35)23(17)26(4,5)16-21(29)30/h8-14H,15-16H2,1-7H3,(H,28,32)(H,29,30)(H2,33,34,35). The molecule has 4 N–H and O–H groups in total. The first kappa shape index (κ1) is 31.0. The van der Waals surface area contributed by atoms with Gasteiger partial charge < -0.3 is 19.7 Å². The zero-order valence-electron chi connectivity index (χ0n) is 22.7. The van der Waals surface area contributed by atoms with Crippen molar-refractivity contribution in [3.63, 3.8) is 0 Å². The minimum absolute atomic E-state index is 0.0362. The molecule has 0 radical (unpaired) electrons. The Morgan fingerprint density at radius 1 is 0.947 bits per heavy atom. The molecule has 0 aromatic heterocycles. The van der Waals surface area contributed by atoms with Crippen molar-refractivity contribution < 1.29 is 43.1 Å². The van der Waals surface area contributed by atoms with Gasteiger partial charge in [0.15, 0.2) is 0 Å². The number of hydrogen-bond acceptors (Lipinski definition) is 6. The second-order valence-corrected chi connectivity index (χ2v) is 12.4. The number of esters is 1. The molecule has 2 aromatic carbocycles.